The van der Waals surface area contributed by atoms with E-state index in [1.807, 2.05) is 6.07 Å². The van der Waals surface area contributed by atoms with Gasteiger partial charge in [-0.3, -0.25) is 5.21 Å². The third kappa shape index (κ3) is 2.13. The number of hydrogen-bond acceptors (Lipinski definition) is 4. The lowest BCUT2D eigenvalue weighted by Crippen LogP contribution is -2.11. The first kappa shape index (κ1) is 11.2. The zero-order valence-electron chi connectivity index (χ0n) is 9.29. The quantitative estimate of drug-likeness (QED) is 0.281. The van der Waals surface area contributed by atoms with Gasteiger partial charge in [-0.2, -0.15) is 0 Å². The summed E-state index contributed by atoms with van der Waals surface area (Å²) in [5, 5.41) is 9.80. The molecular formula is C12H12NO4+. The van der Waals surface area contributed by atoms with Gasteiger partial charge in [0.25, 0.3) is 0 Å². The van der Waals surface area contributed by atoms with Gasteiger partial charge >= 0.3 is 17.6 Å². The van der Waals surface area contributed by atoms with Crippen LogP contribution in [0.1, 0.15) is 12.5 Å². The van der Waals surface area contributed by atoms with Crippen LogP contribution in [0.5, 0.6) is 0 Å². The number of hydrogen-bond donors (Lipinski definition) is 1. The molecule has 0 unspecified atom stereocenters. The van der Waals surface area contributed by atoms with Crippen LogP contribution in [-0.2, 0) is 14.3 Å². The Morgan fingerprint density at radius 2 is 2.12 bits per heavy atom. The van der Waals surface area contributed by atoms with E-state index >= 15 is 0 Å². The largest absolute Gasteiger partial charge is 0.494 e. The summed E-state index contributed by atoms with van der Waals surface area (Å²) in [6.07, 6.45) is 1.18. The monoisotopic (exact) mass is 234 g/mol. The molecule has 0 aromatic heterocycles. The van der Waals surface area contributed by atoms with Gasteiger partial charge in [0.2, 0.25) is 0 Å². The average molecular weight is 234 g/mol. The molecule has 0 atom stereocenters. The Bertz CT molecular complexity index is 490. The minimum absolute atomic E-state index is 0.0364. The van der Waals surface area contributed by atoms with E-state index in [-0.39, 0.29) is 11.6 Å². The van der Waals surface area contributed by atoms with Crippen LogP contribution >= 0.6 is 0 Å². The Labute approximate surface area is 98.2 Å². The van der Waals surface area contributed by atoms with Gasteiger partial charge in [0.05, 0.1) is 16.9 Å². The van der Waals surface area contributed by atoms with E-state index in [1.165, 1.54) is 6.26 Å². The predicted octanol–water partition coefficient (Wildman–Crippen LogP) is 1.27. The highest BCUT2D eigenvalue weighted by atomic mass is 16.6. The second-order valence-electron chi connectivity index (χ2n) is 3.33. The van der Waals surface area contributed by atoms with E-state index < -0.39 is 5.97 Å². The highest BCUT2D eigenvalue weighted by Gasteiger charge is 2.42. The molecule has 5 nitrogen and oxygen atoms in total. The number of benzene rings is 1. The zero-order valence-corrected chi connectivity index (χ0v) is 9.29. The fourth-order valence-electron chi connectivity index (χ4n) is 1.40. The first-order valence-corrected chi connectivity index (χ1v) is 5.19. The predicted molar refractivity (Wildman–Crippen MR) is 58.4 cm³/mol. The number of carbonyl (C=O) groups is 1. The third-order valence-electron chi connectivity index (χ3n) is 2.20. The van der Waals surface area contributed by atoms with E-state index in [9.17, 15) is 10.0 Å². The first-order valence-electron chi connectivity index (χ1n) is 5.19. The highest BCUT2D eigenvalue weighted by molar-refractivity contribution is 6.05. The normalized spacial score (nSPS) is 17.5. The average Bonchev–Trinajstić information content (AvgIpc) is 2.64. The van der Waals surface area contributed by atoms with Crippen molar-refractivity contribution >= 4 is 11.9 Å². The molecule has 0 saturated heterocycles. The van der Waals surface area contributed by atoms with Crippen molar-refractivity contribution in [2.45, 2.75) is 6.92 Å². The Balaban J connectivity index is 2.37. The summed E-state index contributed by atoms with van der Waals surface area (Å²) in [4.78, 5) is 11.5. The highest BCUT2D eigenvalue weighted by Crippen LogP contribution is 2.14. The molecule has 0 bridgehead atoms. The standard InChI is InChI=1S/C12H12NO4/c1-2-16-8-10-12(14)17-11(13(10)15)9-6-4-3-5-7-9/h3-8,15H,2H2,1H3/q+1. The number of cyclic esters (lactones) is 1. The Hall–Kier alpha value is -2.30. The lowest BCUT2D eigenvalue weighted by molar-refractivity contribution is -0.733. The number of esters is 1. The second kappa shape index (κ2) is 4.69. The van der Waals surface area contributed by atoms with Crippen LogP contribution in [0, 0.1) is 0 Å². The summed E-state index contributed by atoms with van der Waals surface area (Å²) in [6.45, 7) is 2.19. The molecule has 1 aliphatic heterocycles. The van der Waals surface area contributed by atoms with Crippen molar-refractivity contribution in [3.63, 3.8) is 0 Å². The third-order valence-corrected chi connectivity index (χ3v) is 2.20. The van der Waals surface area contributed by atoms with E-state index in [0.717, 1.165) is 0 Å². The van der Waals surface area contributed by atoms with E-state index in [1.54, 1.807) is 31.2 Å². The molecule has 1 aromatic carbocycles. The number of carbonyl (C=O) groups excluding carboxylic acids is 1. The molecule has 0 amide bonds. The Kier molecular flexibility index (Phi) is 3.09. The van der Waals surface area contributed by atoms with Crippen LogP contribution in [0.4, 0.5) is 0 Å². The summed E-state index contributed by atoms with van der Waals surface area (Å²) in [6, 6.07) is 8.87. The van der Waals surface area contributed by atoms with Crippen LogP contribution in [0.15, 0.2) is 42.3 Å². The van der Waals surface area contributed by atoms with Crippen molar-refractivity contribution in [3.05, 3.63) is 47.9 Å². The van der Waals surface area contributed by atoms with Crippen LogP contribution in [-0.4, -0.2) is 28.4 Å². The number of hydroxylamine groups is 1. The molecule has 2 rings (SSSR count). The maximum atomic E-state index is 11.5. The number of nitrogens with zero attached hydrogens (tertiary/aromatic N) is 1. The van der Waals surface area contributed by atoms with Crippen LogP contribution in [0.25, 0.3) is 0 Å². The molecule has 1 heterocycles. The van der Waals surface area contributed by atoms with Gasteiger partial charge in [-0.15, -0.1) is 0 Å². The fourth-order valence-corrected chi connectivity index (χ4v) is 1.40. The van der Waals surface area contributed by atoms with Gasteiger partial charge in [0.1, 0.15) is 0 Å². The minimum atomic E-state index is -0.639. The SMILES string of the molecule is CCOC=C1C(=O)OC(c2ccccc2)=[N+]1O. The summed E-state index contributed by atoms with van der Waals surface area (Å²) in [5.41, 5.74) is 0.578. The molecule has 0 saturated carbocycles. The second-order valence-corrected chi connectivity index (χ2v) is 3.33. The molecular weight excluding hydrogens is 222 g/mol. The first-order chi connectivity index (χ1) is 8.24. The summed E-state index contributed by atoms with van der Waals surface area (Å²) < 4.78 is 10.6. The molecule has 0 spiro atoms. The zero-order chi connectivity index (χ0) is 12.3. The van der Waals surface area contributed by atoms with Crippen molar-refractivity contribution in [1.82, 2.24) is 0 Å². The van der Waals surface area contributed by atoms with Gasteiger partial charge in [-0.25, -0.2) is 4.79 Å². The van der Waals surface area contributed by atoms with Gasteiger partial charge < -0.3 is 9.47 Å². The number of ether oxygens (including phenoxy) is 2. The topological polar surface area (TPSA) is 58.8 Å². The van der Waals surface area contributed by atoms with Crippen LogP contribution < -0.4 is 0 Å². The molecule has 0 radical (unpaired) electrons. The molecule has 17 heavy (non-hydrogen) atoms. The molecule has 1 N–H and O–H groups in total. The van der Waals surface area contributed by atoms with Crippen LogP contribution in [0.3, 0.4) is 0 Å². The van der Waals surface area contributed by atoms with Gasteiger partial charge in [0, 0.05) is 0 Å². The lowest BCUT2D eigenvalue weighted by atomic mass is 10.2. The van der Waals surface area contributed by atoms with Crippen LogP contribution in [0.2, 0.25) is 0 Å². The Morgan fingerprint density at radius 1 is 1.41 bits per heavy atom. The Morgan fingerprint density at radius 3 is 2.76 bits per heavy atom. The fraction of sp³-hybridized carbons (Fsp3) is 0.167. The van der Waals surface area contributed by atoms with E-state index in [2.05, 4.69) is 0 Å². The maximum Gasteiger partial charge on any atom is 0.433 e. The van der Waals surface area contributed by atoms with E-state index in [0.29, 0.717) is 16.9 Å². The maximum absolute atomic E-state index is 11.5. The molecule has 88 valence electrons. The smallest absolute Gasteiger partial charge is 0.433 e. The molecule has 5 heteroatoms. The van der Waals surface area contributed by atoms with Gasteiger partial charge in [0.15, 0.2) is 6.26 Å². The van der Waals surface area contributed by atoms with Crippen molar-refractivity contribution in [2.24, 2.45) is 0 Å². The van der Waals surface area contributed by atoms with E-state index in [4.69, 9.17) is 9.47 Å². The summed E-state index contributed by atoms with van der Waals surface area (Å²) in [5.74, 6) is -0.554. The molecule has 1 aliphatic rings. The lowest BCUT2D eigenvalue weighted by Gasteiger charge is -1.92. The number of rotatable bonds is 3. The van der Waals surface area contributed by atoms with Gasteiger partial charge in [-0.1, -0.05) is 18.2 Å². The minimum Gasteiger partial charge on any atom is -0.494 e. The van der Waals surface area contributed by atoms with Gasteiger partial charge in [-0.05, 0) is 19.1 Å². The summed E-state index contributed by atoms with van der Waals surface area (Å²) in [7, 11) is 0. The molecule has 1 aromatic rings. The van der Waals surface area contributed by atoms with Crippen molar-refractivity contribution < 1.29 is 24.2 Å². The molecule has 0 aliphatic carbocycles. The van der Waals surface area contributed by atoms with Crippen molar-refractivity contribution in [2.75, 3.05) is 6.61 Å². The summed E-state index contributed by atoms with van der Waals surface area (Å²) >= 11 is 0. The van der Waals surface area contributed by atoms with Crippen molar-refractivity contribution in [1.29, 1.82) is 0 Å². The van der Waals surface area contributed by atoms with Crippen molar-refractivity contribution in [3.8, 4) is 0 Å². The molecule has 0 fully saturated rings.